The SMILES string of the molecule is CC(C)N1CCN(Cc2cc(C#CCN)cs2)CC1. The number of nitrogens with two attached hydrogens (primary N) is 1. The minimum atomic E-state index is 0.433. The van der Waals surface area contributed by atoms with Crippen molar-refractivity contribution in [2.75, 3.05) is 32.7 Å². The number of piperazine rings is 1. The van der Waals surface area contributed by atoms with Crippen molar-refractivity contribution in [2.24, 2.45) is 5.73 Å². The topological polar surface area (TPSA) is 32.5 Å². The van der Waals surface area contributed by atoms with Crippen LogP contribution in [0.1, 0.15) is 24.3 Å². The van der Waals surface area contributed by atoms with Crippen LogP contribution < -0.4 is 5.73 Å². The Balaban J connectivity index is 1.84. The monoisotopic (exact) mass is 277 g/mol. The number of hydrogen-bond donors (Lipinski definition) is 1. The highest BCUT2D eigenvalue weighted by molar-refractivity contribution is 7.10. The van der Waals surface area contributed by atoms with E-state index < -0.39 is 0 Å². The lowest BCUT2D eigenvalue weighted by atomic mass is 10.2. The molecule has 2 rings (SSSR count). The Morgan fingerprint density at radius 2 is 2.05 bits per heavy atom. The van der Waals surface area contributed by atoms with Crippen LogP contribution in [-0.2, 0) is 6.54 Å². The molecule has 0 unspecified atom stereocenters. The quantitative estimate of drug-likeness (QED) is 0.852. The summed E-state index contributed by atoms with van der Waals surface area (Å²) in [5, 5.41) is 2.13. The summed E-state index contributed by atoms with van der Waals surface area (Å²) in [4.78, 5) is 6.48. The molecule has 0 aliphatic carbocycles. The van der Waals surface area contributed by atoms with Crippen molar-refractivity contribution in [2.45, 2.75) is 26.4 Å². The standard InChI is InChI=1S/C15H23N3S/c1-13(2)18-8-6-17(7-9-18)11-15-10-14(12-19-15)4-3-5-16/h10,12-13H,5-9,11,16H2,1-2H3. The van der Waals surface area contributed by atoms with Gasteiger partial charge < -0.3 is 5.73 Å². The lowest BCUT2D eigenvalue weighted by molar-refractivity contribution is 0.105. The fraction of sp³-hybridized carbons (Fsp3) is 0.600. The van der Waals surface area contributed by atoms with Gasteiger partial charge in [0.2, 0.25) is 0 Å². The van der Waals surface area contributed by atoms with E-state index in [1.165, 1.54) is 31.1 Å². The van der Waals surface area contributed by atoms with Gasteiger partial charge in [0.05, 0.1) is 6.54 Å². The second kappa shape index (κ2) is 7.06. The van der Waals surface area contributed by atoms with Crippen molar-refractivity contribution in [3.63, 3.8) is 0 Å². The Bertz CT molecular complexity index is 447. The third-order valence-corrected chi connectivity index (χ3v) is 4.43. The van der Waals surface area contributed by atoms with Gasteiger partial charge >= 0.3 is 0 Å². The fourth-order valence-corrected chi connectivity index (χ4v) is 3.20. The summed E-state index contributed by atoms with van der Waals surface area (Å²) in [5.41, 5.74) is 6.49. The van der Waals surface area contributed by atoms with Crippen LogP contribution in [0.4, 0.5) is 0 Å². The minimum Gasteiger partial charge on any atom is -0.320 e. The van der Waals surface area contributed by atoms with E-state index >= 15 is 0 Å². The Kier molecular flexibility index (Phi) is 5.41. The van der Waals surface area contributed by atoms with Crippen molar-refractivity contribution in [3.8, 4) is 11.8 Å². The Morgan fingerprint density at radius 1 is 1.32 bits per heavy atom. The zero-order chi connectivity index (χ0) is 13.7. The first kappa shape index (κ1) is 14.5. The van der Waals surface area contributed by atoms with Gasteiger partial charge in [-0.15, -0.1) is 11.3 Å². The largest absolute Gasteiger partial charge is 0.320 e. The normalized spacial score (nSPS) is 17.5. The third-order valence-electron chi connectivity index (χ3n) is 3.51. The van der Waals surface area contributed by atoms with Crippen molar-refractivity contribution in [1.82, 2.24) is 9.80 Å². The molecule has 0 aromatic carbocycles. The summed E-state index contributed by atoms with van der Waals surface area (Å²) in [7, 11) is 0. The van der Waals surface area contributed by atoms with Crippen LogP contribution in [0.25, 0.3) is 0 Å². The van der Waals surface area contributed by atoms with E-state index in [-0.39, 0.29) is 0 Å². The van der Waals surface area contributed by atoms with Crippen molar-refractivity contribution >= 4 is 11.3 Å². The fourth-order valence-electron chi connectivity index (χ4n) is 2.34. The average Bonchev–Trinajstić information content (AvgIpc) is 2.84. The Morgan fingerprint density at radius 3 is 2.68 bits per heavy atom. The number of thiophene rings is 1. The smallest absolute Gasteiger partial charge is 0.0555 e. The van der Waals surface area contributed by atoms with E-state index in [9.17, 15) is 0 Å². The van der Waals surface area contributed by atoms with Gasteiger partial charge in [-0.1, -0.05) is 11.8 Å². The van der Waals surface area contributed by atoms with Gasteiger partial charge in [-0.05, 0) is 19.9 Å². The minimum absolute atomic E-state index is 0.433. The van der Waals surface area contributed by atoms with E-state index in [1.807, 2.05) is 0 Å². The van der Waals surface area contributed by atoms with Crippen molar-refractivity contribution in [1.29, 1.82) is 0 Å². The second-order valence-electron chi connectivity index (χ2n) is 5.21. The molecule has 19 heavy (non-hydrogen) atoms. The molecule has 2 N–H and O–H groups in total. The first-order valence-corrected chi connectivity index (χ1v) is 7.79. The molecule has 1 saturated heterocycles. The van der Waals surface area contributed by atoms with Gasteiger partial charge in [0.15, 0.2) is 0 Å². The van der Waals surface area contributed by atoms with Crippen LogP contribution in [0, 0.1) is 11.8 Å². The zero-order valence-corrected chi connectivity index (χ0v) is 12.7. The van der Waals surface area contributed by atoms with Gasteiger partial charge in [0.25, 0.3) is 0 Å². The molecule has 0 amide bonds. The zero-order valence-electron chi connectivity index (χ0n) is 11.9. The highest BCUT2D eigenvalue weighted by atomic mass is 32.1. The highest BCUT2D eigenvalue weighted by Crippen LogP contribution is 2.17. The molecule has 1 fully saturated rings. The maximum Gasteiger partial charge on any atom is 0.0555 e. The molecule has 4 heteroatoms. The molecular weight excluding hydrogens is 254 g/mol. The third kappa shape index (κ3) is 4.32. The Labute approximate surface area is 120 Å². The lowest BCUT2D eigenvalue weighted by Crippen LogP contribution is -2.48. The molecule has 0 atom stereocenters. The Hall–Kier alpha value is -0.860. The van der Waals surface area contributed by atoms with Gasteiger partial charge in [-0.25, -0.2) is 0 Å². The second-order valence-corrected chi connectivity index (χ2v) is 6.21. The molecule has 0 bridgehead atoms. The molecular formula is C15H23N3S. The molecule has 0 spiro atoms. The summed E-state index contributed by atoms with van der Waals surface area (Å²) < 4.78 is 0. The predicted octanol–water partition coefficient (Wildman–Crippen LogP) is 1.58. The van der Waals surface area contributed by atoms with Crippen molar-refractivity contribution in [3.05, 3.63) is 21.9 Å². The summed E-state index contributed by atoms with van der Waals surface area (Å²) in [6, 6.07) is 2.87. The molecule has 0 radical (unpaired) electrons. The molecule has 2 heterocycles. The van der Waals surface area contributed by atoms with Gasteiger partial charge in [0, 0.05) is 54.6 Å². The van der Waals surface area contributed by atoms with Crippen LogP contribution >= 0.6 is 11.3 Å². The first-order chi connectivity index (χ1) is 9.19. The maximum atomic E-state index is 5.39. The van der Waals surface area contributed by atoms with Gasteiger partial charge in [0.1, 0.15) is 0 Å². The summed E-state index contributed by atoms with van der Waals surface area (Å²) in [6.45, 7) is 10.7. The molecule has 1 aliphatic rings. The molecule has 104 valence electrons. The molecule has 0 saturated carbocycles. The van der Waals surface area contributed by atoms with E-state index in [4.69, 9.17) is 5.73 Å². The summed E-state index contributed by atoms with van der Waals surface area (Å²) >= 11 is 1.80. The van der Waals surface area contributed by atoms with Gasteiger partial charge in [-0.3, -0.25) is 9.80 Å². The highest BCUT2D eigenvalue weighted by Gasteiger charge is 2.18. The maximum absolute atomic E-state index is 5.39. The molecule has 1 aromatic heterocycles. The van der Waals surface area contributed by atoms with E-state index in [0.29, 0.717) is 12.6 Å². The van der Waals surface area contributed by atoms with Crippen molar-refractivity contribution < 1.29 is 0 Å². The summed E-state index contributed by atoms with van der Waals surface area (Å²) in [6.07, 6.45) is 0. The average molecular weight is 277 g/mol. The van der Waals surface area contributed by atoms with E-state index in [2.05, 4.69) is 46.9 Å². The van der Waals surface area contributed by atoms with E-state index in [0.717, 1.165) is 12.1 Å². The molecule has 1 aliphatic heterocycles. The number of nitrogens with zero attached hydrogens (tertiary/aromatic N) is 2. The molecule has 3 nitrogen and oxygen atoms in total. The van der Waals surface area contributed by atoms with E-state index in [1.54, 1.807) is 11.3 Å². The van der Waals surface area contributed by atoms with Crippen LogP contribution in [0.5, 0.6) is 0 Å². The van der Waals surface area contributed by atoms with Crippen LogP contribution in [0.15, 0.2) is 11.4 Å². The van der Waals surface area contributed by atoms with Gasteiger partial charge in [-0.2, -0.15) is 0 Å². The lowest BCUT2D eigenvalue weighted by Gasteiger charge is -2.36. The summed E-state index contributed by atoms with van der Waals surface area (Å²) in [5.74, 6) is 6.00. The number of rotatable bonds is 3. The predicted molar refractivity (Wildman–Crippen MR) is 82.2 cm³/mol. The van der Waals surface area contributed by atoms with Crippen LogP contribution in [0.3, 0.4) is 0 Å². The van der Waals surface area contributed by atoms with Crippen LogP contribution in [0.2, 0.25) is 0 Å². The van der Waals surface area contributed by atoms with Crippen LogP contribution in [-0.4, -0.2) is 48.6 Å². The molecule has 1 aromatic rings. The number of hydrogen-bond acceptors (Lipinski definition) is 4. The first-order valence-electron chi connectivity index (χ1n) is 6.92.